The summed E-state index contributed by atoms with van der Waals surface area (Å²) in [6.07, 6.45) is 0. The maximum absolute atomic E-state index is 3.03. The Morgan fingerprint density at radius 1 is 0.373 bits per heavy atom. The fourth-order valence-electron chi connectivity index (χ4n) is 14.1. The highest BCUT2D eigenvalue weighted by atomic mass is 32.2. The van der Waals surface area contributed by atoms with Crippen molar-refractivity contribution in [3.63, 3.8) is 0 Å². The molecule has 362 valence electrons. The van der Waals surface area contributed by atoms with Gasteiger partial charge in [-0.05, 0) is 132 Å². The molecule has 14 rings (SSSR count). The predicted molar refractivity (Wildman–Crippen MR) is 322 cm³/mol. The minimum absolute atomic E-state index is 0.119. The standard InChI is InChI=1S/C70H59BN2SSi/c1-45(2)48-42-51(46(3)4)69(52(43-48)47(5)6)71-57-30-14-19-35-63(57)74-64-44-50(40-41-58(64)71)73-59-31-15-10-26-53(59)70(54-27-11-16-32-60(54)73)55-28-12-20-36-65(55)75(66-37-21-13-29-56(66)70)67-38-22-17-33-61(67)72(49-24-8-7-9-25-49)62-34-18-23-39-68(62)75/h7-47H,1-6H3. The van der Waals surface area contributed by atoms with Crippen molar-refractivity contribution in [3.05, 3.63) is 269 Å². The highest BCUT2D eigenvalue weighted by Crippen LogP contribution is 2.59. The van der Waals surface area contributed by atoms with Crippen molar-refractivity contribution in [2.24, 2.45) is 0 Å². The van der Waals surface area contributed by atoms with Crippen LogP contribution in [-0.2, 0) is 5.41 Å². The number of rotatable bonds is 6. The molecule has 0 bridgehead atoms. The molecule has 0 amide bonds. The normalized spacial score (nSPS) is 15.0. The summed E-state index contributed by atoms with van der Waals surface area (Å²) in [5.74, 6) is 1.22. The molecular formula is C70H59BN2SSi. The maximum Gasteiger partial charge on any atom is 0.244 e. The van der Waals surface area contributed by atoms with E-state index in [1.165, 1.54) is 120 Å². The van der Waals surface area contributed by atoms with Gasteiger partial charge in [0.05, 0.1) is 16.8 Å². The Bertz CT molecular complexity index is 3740. The van der Waals surface area contributed by atoms with Crippen LogP contribution < -0.4 is 46.9 Å². The first-order chi connectivity index (χ1) is 36.7. The first kappa shape index (κ1) is 46.0. The van der Waals surface area contributed by atoms with E-state index in [-0.39, 0.29) is 6.71 Å². The lowest BCUT2D eigenvalue weighted by Crippen LogP contribution is -2.81. The van der Waals surface area contributed by atoms with Crippen molar-refractivity contribution in [2.75, 3.05) is 9.80 Å². The Hall–Kier alpha value is -7.57. The predicted octanol–water partition coefficient (Wildman–Crippen LogP) is 13.7. The molecule has 0 saturated heterocycles. The number of para-hydroxylation sites is 5. The number of hydrogen-bond acceptors (Lipinski definition) is 3. The van der Waals surface area contributed by atoms with Gasteiger partial charge in [0.15, 0.2) is 8.07 Å². The lowest BCUT2D eigenvalue weighted by atomic mass is 9.34. The van der Waals surface area contributed by atoms with E-state index in [1.54, 1.807) is 0 Å². The van der Waals surface area contributed by atoms with E-state index in [1.807, 2.05) is 11.8 Å². The number of anilines is 6. The summed E-state index contributed by atoms with van der Waals surface area (Å²) in [6.45, 7) is 14.3. The summed E-state index contributed by atoms with van der Waals surface area (Å²) >= 11 is 1.94. The minimum atomic E-state index is -3.03. The molecule has 10 aromatic rings. The van der Waals surface area contributed by atoms with Gasteiger partial charge in [0, 0.05) is 32.5 Å². The second-order valence-electron chi connectivity index (χ2n) is 22.0. The maximum atomic E-state index is 2.58. The Morgan fingerprint density at radius 3 is 1.36 bits per heavy atom. The molecule has 0 radical (unpaired) electrons. The van der Waals surface area contributed by atoms with Gasteiger partial charge in [-0.3, -0.25) is 0 Å². The van der Waals surface area contributed by atoms with Gasteiger partial charge in [-0.25, -0.2) is 0 Å². The molecule has 0 unspecified atom stereocenters. The highest BCUT2D eigenvalue weighted by Gasteiger charge is 2.60. The van der Waals surface area contributed by atoms with Crippen LogP contribution in [0.15, 0.2) is 240 Å². The van der Waals surface area contributed by atoms with Gasteiger partial charge in [-0.1, -0.05) is 246 Å². The molecule has 0 N–H and O–H groups in total. The quantitative estimate of drug-likeness (QED) is 0.153. The zero-order valence-electron chi connectivity index (χ0n) is 43.6. The Balaban J connectivity index is 1.00. The van der Waals surface area contributed by atoms with Crippen LogP contribution in [0.2, 0.25) is 0 Å². The third kappa shape index (κ3) is 6.47. The van der Waals surface area contributed by atoms with Crippen LogP contribution in [0.4, 0.5) is 34.1 Å². The summed E-state index contributed by atoms with van der Waals surface area (Å²) in [7, 11) is -3.03. The first-order valence-electron chi connectivity index (χ1n) is 27.0. The van der Waals surface area contributed by atoms with Crippen molar-refractivity contribution in [1.29, 1.82) is 0 Å². The van der Waals surface area contributed by atoms with E-state index in [2.05, 4.69) is 282 Å². The average Bonchev–Trinajstić information content (AvgIpc) is 3.49. The van der Waals surface area contributed by atoms with Crippen LogP contribution in [0, 0.1) is 0 Å². The van der Waals surface area contributed by atoms with Crippen LogP contribution in [0.3, 0.4) is 0 Å². The highest BCUT2D eigenvalue weighted by molar-refractivity contribution is 8.00. The van der Waals surface area contributed by atoms with Crippen molar-refractivity contribution >= 4 is 97.8 Å². The van der Waals surface area contributed by atoms with E-state index in [0.717, 1.165) is 0 Å². The van der Waals surface area contributed by atoms with Gasteiger partial charge in [-0.2, -0.15) is 0 Å². The topological polar surface area (TPSA) is 6.48 Å². The summed E-state index contributed by atoms with van der Waals surface area (Å²) < 4.78 is 0. The van der Waals surface area contributed by atoms with Gasteiger partial charge in [0.1, 0.15) is 0 Å². The van der Waals surface area contributed by atoms with E-state index in [9.17, 15) is 0 Å². The van der Waals surface area contributed by atoms with E-state index < -0.39 is 13.5 Å². The van der Waals surface area contributed by atoms with E-state index >= 15 is 0 Å². The Morgan fingerprint density at radius 2 is 0.813 bits per heavy atom. The lowest BCUT2D eigenvalue weighted by Gasteiger charge is -2.55. The summed E-state index contributed by atoms with van der Waals surface area (Å²) in [4.78, 5) is 7.76. The number of hydrogen-bond donors (Lipinski definition) is 0. The molecule has 4 heterocycles. The van der Waals surface area contributed by atoms with E-state index in [0.29, 0.717) is 17.8 Å². The minimum Gasteiger partial charge on any atom is -0.311 e. The van der Waals surface area contributed by atoms with Crippen molar-refractivity contribution in [2.45, 2.75) is 74.5 Å². The van der Waals surface area contributed by atoms with Gasteiger partial charge in [0.25, 0.3) is 0 Å². The fraction of sp³-hybridized carbons (Fsp3) is 0.143. The molecule has 0 atom stereocenters. The van der Waals surface area contributed by atoms with Crippen molar-refractivity contribution < 1.29 is 0 Å². The van der Waals surface area contributed by atoms with Crippen molar-refractivity contribution in [3.8, 4) is 0 Å². The molecule has 0 saturated carbocycles. The molecular weight excluding hydrogens is 940 g/mol. The molecule has 0 aromatic heterocycles. The Kier molecular flexibility index (Phi) is 10.7. The Labute approximate surface area is 448 Å². The molecule has 0 fully saturated rings. The SMILES string of the molecule is CC(C)c1cc(C(C)C)c(B2c3ccccc3Sc3cc(N4c5ccccc5C5(c6ccccc64)c4ccccc4[Si]4(c6ccccc6N(c6ccccc6)c6ccccc64)c4ccccc45)ccc32)c(C(C)C)c1. The number of fused-ring (bicyclic) bond motifs is 16. The average molecular weight is 999 g/mol. The van der Waals surface area contributed by atoms with E-state index in [4.69, 9.17) is 0 Å². The first-order valence-corrected chi connectivity index (χ1v) is 29.9. The number of nitrogens with zero attached hydrogens (tertiary/aromatic N) is 2. The van der Waals surface area contributed by atoms with Crippen LogP contribution >= 0.6 is 11.8 Å². The van der Waals surface area contributed by atoms with Crippen LogP contribution in [0.25, 0.3) is 0 Å². The molecule has 4 aliphatic heterocycles. The van der Waals surface area contributed by atoms with Gasteiger partial charge < -0.3 is 9.80 Å². The smallest absolute Gasteiger partial charge is 0.244 e. The summed E-state index contributed by atoms with van der Waals surface area (Å²) in [5.41, 5.74) is 20.7. The van der Waals surface area contributed by atoms with Crippen LogP contribution in [0.1, 0.15) is 98.2 Å². The molecule has 10 aromatic carbocycles. The summed E-state index contributed by atoms with van der Waals surface area (Å²) in [5, 5.41) is 5.74. The van der Waals surface area contributed by atoms with Gasteiger partial charge in [0.2, 0.25) is 6.71 Å². The number of benzene rings is 10. The molecule has 0 aliphatic carbocycles. The second-order valence-corrected chi connectivity index (χ2v) is 26.8. The van der Waals surface area contributed by atoms with Gasteiger partial charge >= 0.3 is 0 Å². The zero-order chi connectivity index (χ0) is 50.7. The lowest BCUT2D eigenvalue weighted by molar-refractivity contribution is 0.736. The molecule has 4 aliphatic rings. The largest absolute Gasteiger partial charge is 0.311 e. The molecule has 75 heavy (non-hydrogen) atoms. The molecule has 2 nitrogen and oxygen atoms in total. The molecule has 5 heteroatoms. The fourth-order valence-corrected chi connectivity index (χ4v) is 20.9. The third-order valence-corrected chi connectivity index (χ3v) is 23.3. The molecule has 2 spiro atoms. The third-order valence-electron chi connectivity index (χ3n) is 17.2. The van der Waals surface area contributed by atoms with Gasteiger partial charge in [-0.15, -0.1) is 0 Å². The zero-order valence-corrected chi connectivity index (χ0v) is 45.4. The monoisotopic (exact) mass is 998 g/mol. The van der Waals surface area contributed by atoms with Crippen molar-refractivity contribution in [1.82, 2.24) is 0 Å². The summed E-state index contributed by atoms with van der Waals surface area (Å²) in [6, 6.07) is 89.1. The second kappa shape index (κ2) is 17.5. The van der Waals surface area contributed by atoms with Crippen LogP contribution in [0.5, 0.6) is 0 Å². The van der Waals surface area contributed by atoms with Crippen LogP contribution in [-0.4, -0.2) is 14.8 Å².